The summed E-state index contributed by atoms with van der Waals surface area (Å²) in [6, 6.07) is 7.57. The van der Waals surface area contributed by atoms with E-state index in [1.165, 1.54) is 32.4 Å². The van der Waals surface area contributed by atoms with Crippen molar-refractivity contribution in [2.75, 3.05) is 14.2 Å². The van der Waals surface area contributed by atoms with Crippen molar-refractivity contribution < 1.29 is 23.8 Å². The van der Waals surface area contributed by atoms with E-state index in [1.807, 2.05) is 0 Å². The standard InChI is InChI=1S/C16H12O6/c1-20-9-6-7-11-13(14(9)16(19)21-2)15(18)12-8(17)4-3-5-10(12)22-11/h3-7,17H,1-2H3. The lowest BCUT2D eigenvalue weighted by atomic mass is 10.0. The van der Waals surface area contributed by atoms with E-state index in [2.05, 4.69) is 0 Å². The van der Waals surface area contributed by atoms with Crippen molar-refractivity contribution in [3.05, 3.63) is 46.1 Å². The van der Waals surface area contributed by atoms with Gasteiger partial charge in [-0.2, -0.15) is 0 Å². The molecule has 0 saturated heterocycles. The summed E-state index contributed by atoms with van der Waals surface area (Å²) in [6.45, 7) is 0. The van der Waals surface area contributed by atoms with E-state index >= 15 is 0 Å². The first-order valence-corrected chi connectivity index (χ1v) is 6.42. The molecule has 112 valence electrons. The van der Waals surface area contributed by atoms with Gasteiger partial charge in [-0.3, -0.25) is 4.79 Å². The van der Waals surface area contributed by atoms with E-state index in [9.17, 15) is 14.7 Å². The monoisotopic (exact) mass is 300 g/mol. The fourth-order valence-electron chi connectivity index (χ4n) is 2.43. The van der Waals surface area contributed by atoms with Crippen molar-refractivity contribution in [1.29, 1.82) is 0 Å². The summed E-state index contributed by atoms with van der Waals surface area (Å²) in [6.07, 6.45) is 0. The van der Waals surface area contributed by atoms with Gasteiger partial charge in [-0.1, -0.05) is 6.07 Å². The number of methoxy groups -OCH3 is 2. The lowest BCUT2D eigenvalue weighted by Crippen LogP contribution is -2.12. The highest BCUT2D eigenvalue weighted by Crippen LogP contribution is 2.31. The van der Waals surface area contributed by atoms with E-state index in [0.29, 0.717) is 0 Å². The number of hydrogen-bond donors (Lipinski definition) is 1. The van der Waals surface area contributed by atoms with Gasteiger partial charge in [-0.15, -0.1) is 0 Å². The van der Waals surface area contributed by atoms with Crippen molar-refractivity contribution in [1.82, 2.24) is 0 Å². The zero-order valence-corrected chi connectivity index (χ0v) is 11.9. The molecule has 0 spiro atoms. The highest BCUT2D eigenvalue weighted by molar-refractivity contribution is 6.08. The topological polar surface area (TPSA) is 86.0 Å². The quantitative estimate of drug-likeness (QED) is 0.578. The molecular weight excluding hydrogens is 288 g/mol. The highest BCUT2D eigenvalue weighted by atomic mass is 16.5. The zero-order valence-electron chi connectivity index (χ0n) is 11.9. The molecule has 0 bridgehead atoms. The van der Waals surface area contributed by atoms with Gasteiger partial charge in [-0.25, -0.2) is 4.79 Å². The number of rotatable bonds is 2. The van der Waals surface area contributed by atoms with Crippen LogP contribution in [0.1, 0.15) is 10.4 Å². The van der Waals surface area contributed by atoms with E-state index < -0.39 is 11.4 Å². The lowest BCUT2D eigenvalue weighted by molar-refractivity contribution is 0.0599. The average molecular weight is 300 g/mol. The molecule has 1 heterocycles. The predicted octanol–water partition coefficient (Wildman–Crippen LogP) is 2.45. The SMILES string of the molecule is COC(=O)c1c(OC)ccc2oc3cccc(O)c3c(=O)c12. The molecule has 2 aromatic carbocycles. The molecule has 0 aliphatic heterocycles. The van der Waals surface area contributed by atoms with Crippen LogP contribution in [-0.2, 0) is 4.74 Å². The second-order valence-corrected chi connectivity index (χ2v) is 4.59. The molecule has 0 saturated carbocycles. The Bertz CT molecular complexity index is 954. The Hall–Kier alpha value is -3.02. The Labute approximate surface area is 124 Å². The summed E-state index contributed by atoms with van der Waals surface area (Å²) in [4.78, 5) is 24.8. The van der Waals surface area contributed by atoms with Crippen LogP contribution in [-0.4, -0.2) is 25.3 Å². The maximum absolute atomic E-state index is 12.7. The van der Waals surface area contributed by atoms with E-state index in [-0.39, 0.29) is 39.0 Å². The van der Waals surface area contributed by atoms with Crippen LogP contribution in [0.25, 0.3) is 21.9 Å². The van der Waals surface area contributed by atoms with Crippen molar-refractivity contribution in [2.45, 2.75) is 0 Å². The van der Waals surface area contributed by atoms with E-state index in [4.69, 9.17) is 13.9 Å². The molecule has 1 N–H and O–H groups in total. The molecule has 0 radical (unpaired) electrons. The Morgan fingerprint density at radius 1 is 1.09 bits per heavy atom. The molecule has 0 unspecified atom stereocenters. The maximum Gasteiger partial charge on any atom is 0.342 e. The summed E-state index contributed by atoms with van der Waals surface area (Å²) in [5.74, 6) is -0.738. The maximum atomic E-state index is 12.7. The zero-order chi connectivity index (χ0) is 15.9. The first-order valence-electron chi connectivity index (χ1n) is 6.42. The minimum Gasteiger partial charge on any atom is -0.507 e. The van der Waals surface area contributed by atoms with Crippen LogP contribution >= 0.6 is 0 Å². The lowest BCUT2D eigenvalue weighted by Gasteiger charge is -2.10. The molecule has 0 aliphatic rings. The number of ether oxygens (including phenoxy) is 2. The average Bonchev–Trinajstić information content (AvgIpc) is 2.53. The Balaban J connectivity index is 2.58. The minimum atomic E-state index is -0.718. The third-order valence-corrected chi connectivity index (χ3v) is 3.42. The molecule has 1 aromatic heterocycles. The summed E-state index contributed by atoms with van der Waals surface area (Å²) in [5.41, 5.74) is -0.0992. The van der Waals surface area contributed by atoms with Crippen LogP contribution in [0.3, 0.4) is 0 Å². The van der Waals surface area contributed by atoms with Gasteiger partial charge in [-0.05, 0) is 24.3 Å². The second kappa shape index (κ2) is 5.07. The molecule has 6 nitrogen and oxygen atoms in total. The molecule has 0 amide bonds. The fraction of sp³-hybridized carbons (Fsp3) is 0.125. The Morgan fingerprint density at radius 2 is 1.82 bits per heavy atom. The number of hydrogen-bond acceptors (Lipinski definition) is 6. The van der Waals surface area contributed by atoms with Gasteiger partial charge >= 0.3 is 5.97 Å². The largest absolute Gasteiger partial charge is 0.507 e. The van der Waals surface area contributed by atoms with Gasteiger partial charge in [0.15, 0.2) is 0 Å². The predicted molar refractivity (Wildman–Crippen MR) is 79.5 cm³/mol. The molecule has 0 aliphatic carbocycles. The normalized spacial score (nSPS) is 10.8. The van der Waals surface area contributed by atoms with Gasteiger partial charge in [0.25, 0.3) is 0 Å². The number of carbonyl (C=O) groups excluding carboxylic acids is 1. The number of carbonyl (C=O) groups is 1. The third kappa shape index (κ3) is 1.88. The van der Waals surface area contributed by atoms with Crippen LogP contribution in [0.2, 0.25) is 0 Å². The second-order valence-electron chi connectivity index (χ2n) is 4.59. The number of fused-ring (bicyclic) bond motifs is 2. The molecule has 22 heavy (non-hydrogen) atoms. The van der Waals surface area contributed by atoms with Crippen molar-refractivity contribution in [2.24, 2.45) is 0 Å². The van der Waals surface area contributed by atoms with Crippen molar-refractivity contribution in [3.63, 3.8) is 0 Å². The van der Waals surface area contributed by atoms with Gasteiger partial charge in [0.1, 0.15) is 33.6 Å². The van der Waals surface area contributed by atoms with Crippen LogP contribution in [0, 0.1) is 0 Å². The van der Waals surface area contributed by atoms with Crippen LogP contribution in [0.4, 0.5) is 0 Å². The summed E-state index contributed by atoms with van der Waals surface area (Å²) >= 11 is 0. The molecule has 6 heteroatoms. The van der Waals surface area contributed by atoms with Crippen molar-refractivity contribution in [3.8, 4) is 11.5 Å². The number of aromatic hydroxyl groups is 1. The van der Waals surface area contributed by atoms with E-state index in [0.717, 1.165) is 0 Å². The van der Waals surface area contributed by atoms with Gasteiger partial charge in [0.05, 0.1) is 19.6 Å². The smallest absolute Gasteiger partial charge is 0.342 e. The minimum absolute atomic E-state index is 0.00778. The van der Waals surface area contributed by atoms with Gasteiger partial charge < -0.3 is 19.0 Å². The van der Waals surface area contributed by atoms with E-state index in [1.54, 1.807) is 12.1 Å². The summed E-state index contributed by atoms with van der Waals surface area (Å²) < 4.78 is 15.5. The summed E-state index contributed by atoms with van der Waals surface area (Å²) in [5, 5.41) is 9.94. The third-order valence-electron chi connectivity index (χ3n) is 3.42. The van der Waals surface area contributed by atoms with Crippen LogP contribution in [0.15, 0.2) is 39.5 Å². The van der Waals surface area contributed by atoms with Gasteiger partial charge in [0.2, 0.25) is 5.43 Å². The molecular formula is C16H12O6. The van der Waals surface area contributed by atoms with Crippen molar-refractivity contribution >= 4 is 27.9 Å². The number of phenols is 1. The first-order chi connectivity index (χ1) is 10.6. The Kier molecular flexibility index (Phi) is 3.21. The highest BCUT2D eigenvalue weighted by Gasteiger charge is 2.22. The van der Waals surface area contributed by atoms with Crippen LogP contribution < -0.4 is 10.2 Å². The Morgan fingerprint density at radius 3 is 2.50 bits per heavy atom. The number of phenolic OH excluding ortho intramolecular Hbond substituents is 1. The summed E-state index contributed by atoms with van der Waals surface area (Å²) in [7, 11) is 2.59. The number of esters is 1. The fourth-order valence-corrected chi connectivity index (χ4v) is 2.43. The first kappa shape index (κ1) is 13.9. The molecule has 3 aromatic rings. The number of benzene rings is 2. The van der Waals surface area contributed by atoms with Gasteiger partial charge in [0, 0.05) is 0 Å². The molecule has 3 rings (SSSR count). The van der Waals surface area contributed by atoms with Crippen LogP contribution in [0.5, 0.6) is 11.5 Å². The molecule has 0 atom stereocenters. The molecule has 0 fully saturated rings.